The van der Waals surface area contributed by atoms with Crippen molar-refractivity contribution < 1.29 is 23.8 Å². The molecule has 1 unspecified atom stereocenters. The lowest BCUT2D eigenvalue weighted by atomic mass is 9.73. The SMILES string of the molecule is COc1cc2c(C(=O)C(C)OC(=O)C3(c4ccccc4)CCNCC3)c(COc3ccc(C)cc3)n(C)c2cc1Br. The van der Waals surface area contributed by atoms with E-state index in [9.17, 15) is 9.59 Å². The molecule has 7 nitrogen and oxygen atoms in total. The molecule has 4 aromatic rings. The highest BCUT2D eigenvalue weighted by molar-refractivity contribution is 9.10. The average Bonchev–Trinajstić information content (AvgIpc) is 3.26. The summed E-state index contributed by atoms with van der Waals surface area (Å²) in [7, 11) is 3.49. The van der Waals surface area contributed by atoms with Gasteiger partial charge in [0.2, 0.25) is 5.78 Å². The number of ketones is 1. The lowest BCUT2D eigenvalue weighted by Crippen LogP contribution is -2.47. The molecule has 0 aliphatic carbocycles. The zero-order valence-electron chi connectivity index (χ0n) is 23.8. The number of carbonyl (C=O) groups is 2. The van der Waals surface area contributed by atoms with E-state index < -0.39 is 11.5 Å². The molecular weight excluding hydrogens is 584 g/mol. The fourth-order valence-corrected chi connectivity index (χ4v) is 6.12. The van der Waals surface area contributed by atoms with Gasteiger partial charge in [-0.25, -0.2) is 0 Å². The minimum atomic E-state index is -1.00. The number of hydrogen-bond acceptors (Lipinski definition) is 6. The third kappa shape index (κ3) is 5.63. The number of nitrogens with zero attached hydrogens (tertiary/aromatic N) is 1. The number of carbonyl (C=O) groups excluding carboxylic acids is 2. The summed E-state index contributed by atoms with van der Waals surface area (Å²) >= 11 is 3.57. The van der Waals surface area contributed by atoms with E-state index in [4.69, 9.17) is 14.2 Å². The first kappa shape index (κ1) is 28.9. The van der Waals surface area contributed by atoms with Gasteiger partial charge in [0.15, 0.2) is 6.10 Å². The molecule has 0 amide bonds. The summed E-state index contributed by atoms with van der Waals surface area (Å²) in [5.41, 5.74) is 3.23. The van der Waals surface area contributed by atoms with Gasteiger partial charge < -0.3 is 24.1 Å². The van der Waals surface area contributed by atoms with Gasteiger partial charge in [0, 0.05) is 12.4 Å². The Bertz CT molecular complexity index is 1560. The van der Waals surface area contributed by atoms with E-state index in [-0.39, 0.29) is 18.4 Å². The Labute approximate surface area is 248 Å². The topological polar surface area (TPSA) is 78.8 Å². The molecular formula is C33H35BrN2O5. The van der Waals surface area contributed by atoms with Crippen LogP contribution in [0, 0.1) is 6.92 Å². The quantitative estimate of drug-likeness (QED) is 0.176. The van der Waals surface area contributed by atoms with Gasteiger partial charge in [-0.15, -0.1) is 0 Å². The molecule has 3 aromatic carbocycles. The fourth-order valence-electron chi connectivity index (χ4n) is 5.63. The lowest BCUT2D eigenvalue weighted by Gasteiger charge is -2.36. The van der Waals surface area contributed by atoms with Crippen LogP contribution in [-0.4, -0.2) is 42.6 Å². The zero-order chi connectivity index (χ0) is 29.1. The largest absolute Gasteiger partial charge is 0.496 e. The number of hydrogen-bond donors (Lipinski definition) is 1. The minimum absolute atomic E-state index is 0.162. The molecule has 0 saturated carbocycles. The summed E-state index contributed by atoms with van der Waals surface area (Å²) in [4.78, 5) is 28.0. The number of benzene rings is 3. The maximum atomic E-state index is 14.2. The van der Waals surface area contributed by atoms with E-state index in [1.807, 2.05) is 85.3 Å². The summed E-state index contributed by atoms with van der Waals surface area (Å²) in [5.74, 6) is 0.649. The minimum Gasteiger partial charge on any atom is -0.496 e. The van der Waals surface area contributed by atoms with E-state index in [1.165, 1.54) is 0 Å². The van der Waals surface area contributed by atoms with Gasteiger partial charge in [-0.05, 0) is 85.5 Å². The third-order valence-corrected chi connectivity index (χ3v) is 8.68. The second-order valence-corrected chi connectivity index (χ2v) is 11.5. The highest BCUT2D eigenvalue weighted by Crippen LogP contribution is 2.38. The Morgan fingerprint density at radius 3 is 2.39 bits per heavy atom. The Morgan fingerprint density at radius 1 is 1.05 bits per heavy atom. The second-order valence-electron chi connectivity index (χ2n) is 10.6. The molecule has 1 aliphatic heterocycles. The maximum Gasteiger partial charge on any atom is 0.317 e. The highest BCUT2D eigenvalue weighted by Gasteiger charge is 2.44. The number of piperidine rings is 1. The van der Waals surface area contributed by atoms with Crippen molar-refractivity contribution in [3.05, 3.63) is 93.6 Å². The molecule has 0 radical (unpaired) electrons. The normalized spacial score (nSPS) is 15.3. The summed E-state index contributed by atoms with van der Waals surface area (Å²) in [6, 6.07) is 21.3. The average molecular weight is 620 g/mol. The van der Waals surface area contributed by atoms with Crippen molar-refractivity contribution in [1.29, 1.82) is 0 Å². The molecule has 2 heterocycles. The first-order valence-electron chi connectivity index (χ1n) is 13.8. The standard InChI is InChI=1S/C33H35BrN2O5/c1-21-10-12-24(13-11-21)40-20-28-30(25-18-29(39-4)26(34)19-27(25)36(28)3)31(37)22(2)41-32(38)33(14-16-35-17-15-33)23-8-6-5-7-9-23/h5-13,18-19,22,35H,14-17,20H2,1-4H3. The maximum absolute atomic E-state index is 14.2. The van der Waals surface area contributed by atoms with Gasteiger partial charge in [0.1, 0.15) is 18.1 Å². The lowest BCUT2D eigenvalue weighted by molar-refractivity contribution is -0.154. The molecule has 5 rings (SSSR count). The molecule has 1 aromatic heterocycles. The van der Waals surface area contributed by atoms with Crippen molar-refractivity contribution in [3.8, 4) is 11.5 Å². The summed E-state index contributed by atoms with van der Waals surface area (Å²) in [6.07, 6.45) is 0.203. The molecule has 0 spiro atoms. The number of methoxy groups -OCH3 is 1. The number of aryl methyl sites for hydroxylation is 2. The van der Waals surface area contributed by atoms with Crippen LogP contribution < -0.4 is 14.8 Å². The number of rotatable bonds is 9. The van der Waals surface area contributed by atoms with Crippen LogP contribution in [0.25, 0.3) is 10.9 Å². The van der Waals surface area contributed by atoms with Gasteiger partial charge in [-0.1, -0.05) is 48.0 Å². The van der Waals surface area contributed by atoms with Crippen LogP contribution in [0.3, 0.4) is 0 Å². The molecule has 1 saturated heterocycles. The van der Waals surface area contributed by atoms with Crippen molar-refractivity contribution in [2.45, 2.75) is 44.8 Å². The van der Waals surface area contributed by atoms with Crippen LogP contribution in [0.2, 0.25) is 0 Å². The van der Waals surface area contributed by atoms with E-state index in [2.05, 4.69) is 21.2 Å². The number of fused-ring (bicyclic) bond motifs is 1. The summed E-state index contributed by atoms with van der Waals surface area (Å²) < 4.78 is 20.4. The Hall–Kier alpha value is -3.62. The number of esters is 1. The van der Waals surface area contributed by atoms with E-state index in [0.29, 0.717) is 54.1 Å². The van der Waals surface area contributed by atoms with Crippen molar-refractivity contribution in [3.63, 3.8) is 0 Å². The predicted molar refractivity (Wildman–Crippen MR) is 163 cm³/mol. The number of aromatic nitrogens is 1. The Balaban J connectivity index is 1.50. The van der Waals surface area contributed by atoms with Gasteiger partial charge in [-0.3, -0.25) is 9.59 Å². The monoisotopic (exact) mass is 618 g/mol. The van der Waals surface area contributed by atoms with Gasteiger partial charge in [0.25, 0.3) is 0 Å². The van der Waals surface area contributed by atoms with Crippen molar-refractivity contribution >= 4 is 38.6 Å². The number of nitrogens with one attached hydrogen (secondary N) is 1. The highest BCUT2D eigenvalue weighted by atomic mass is 79.9. The van der Waals surface area contributed by atoms with Crippen molar-refractivity contribution in [2.75, 3.05) is 20.2 Å². The number of ether oxygens (including phenoxy) is 3. The van der Waals surface area contributed by atoms with E-state index in [0.717, 1.165) is 21.1 Å². The van der Waals surface area contributed by atoms with Crippen LogP contribution in [0.15, 0.2) is 71.2 Å². The zero-order valence-corrected chi connectivity index (χ0v) is 25.4. The molecule has 41 heavy (non-hydrogen) atoms. The first-order valence-corrected chi connectivity index (χ1v) is 14.6. The summed E-state index contributed by atoms with van der Waals surface area (Å²) in [5, 5.41) is 4.05. The summed E-state index contributed by atoms with van der Waals surface area (Å²) in [6.45, 7) is 5.23. The smallest absolute Gasteiger partial charge is 0.317 e. The molecule has 1 fully saturated rings. The predicted octanol–water partition coefficient (Wildman–Crippen LogP) is 6.27. The Kier molecular flexibility index (Phi) is 8.52. The molecule has 1 atom stereocenters. The van der Waals surface area contributed by atoms with Crippen LogP contribution in [0.4, 0.5) is 0 Å². The third-order valence-electron chi connectivity index (χ3n) is 8.06. The van der Waals surface area contributed by atoms with Crippen molar-refractivity contribution in [2.24, 2.45) is 7.05 Å². The molecule has 214 valence electrons. The number of halogens is 1. The van der Waals surface area contributed by atoms with Crippen molar-refractivity contribution in [1.82, 2.24) is 9.88 Å². The second kappa shape index (κ2) is 12.1. The first-order chi connectivity index (χ1) is 19.7. The van der Waals surface area contributed by atoms with Gasteiger partial charge >= 0.3 is 5.97 Å². The van der Waals surface area contributed by atoms with Crippen LogP contribution in [0.5, 0.6) is 11.5 Å². The van der Waals surface area contributed by atoms with E-state index >= 15 is 0 Å². The van der Waals surface area contributed by atoms with E-state index in [1.54, 1.807) is 14.0 Å². The van der Waals surface area contributed by atoms with Crippen LogP contribution in [-0.2, 0) is 28.6 Å². The number of Topliss-reactive ketones (excluding diaryl/α,β-unsaturated/α-hetero) is 1. The molecule has 0 bridgehead atoms. The van der Waals surface area contributed by atoms with Gasteiger partial charge in [-0.2, -0.15) is 0 Å². The molecule has 1 aliphatic rings. The van der Waals surface area contributed by atoms with Crippen LogP contribution >= 0.6 is 15.9 Å². The van der Waals surface area contributed by atoms with Crippen LogP contribution in [0.1, 0.15) is 46.9 Å². The molecule has 1 N–H and O–H groups in total. The fraction of sp³-hybridized carbons (Fsp3) is 0.333. The Morgan fingerprint density at radius 2 is 1.73 bits per heavy atom. The molecule has 8 heteroatoms. The van der Waals surface area contributed by atoms with Gasteiger partial charge in [0.05, 0.1) is 33.8 Å².